The van der Waals surface area contributed by atoms with Gasteiger partial charge in [0, 0.05) is 31.7 Å². The molecule has 0 spiro atoms. The predicted octanol–water partition coefficient (Wildman–Crippen LogP) is 3.03. The molecule has 0 aromatic carbocycles. The molecule has 1 aliphatic heterocycles. The minimum Gasteiger partial charge on any atom is -0.311 e. The Morgan fingerprint density at radius 3 is 2.59 bits per heavy atom. The maximum atomic E-state index is 3.72. The highest BCUT2D eigenvalue weighted by atomic mass is 15.2. The van der Waals surface area contributed by atoms with Crippen LogP contribution in [-0.2, 0) is 0 Å². The SMILES string of the molecule is CCCC1CNC(CC)CN1CC1CCCC1. The highest BCUT2D eigenvalue weighted by Crippen LogP contribution is 2.27. The predicted molar refractivity (Wildman–Crippen MR) is 74.3 cm³/mol. The lowest BCUT2D eigenvalue weighted by molar-refractivity contribution is 0.103. The summed E-state index contributed by atoms with van der Waals surface area (Å²) in [4.78, 5) is 2.81. The molecule has 1 saturated heterocycles. The minimum atomic E-state index is 0.740. The van der Waals surface area contributed by atoms with E-state index in [1.165, 1.54) is 64.6 Å². The Balaban J connectivity index is 1.87. The maximum absolute atomic E-state index is 3.72. The van der Waals surface area contributed by atoms with E-state index < -0.39 is 0 Å². The van der Waals surface area contributed by atoms with Gasteiger partial charge in [-0.15, -0.1) is 0 Å². The first-order chi connectivity index (χ1) is 8.33. The summed E-state index contributed by atoms with van der Waals surface area (Å²) in [6.07, 6.45) is 9.90. The summed E-state index contributed by atoms with van der Waals surface area (Å²) in [7, 11) is 0. The van der Waals surface area contributed by atoms with E-state index in [0.717, 1.165) is 18.0 Å². The number of piperazine rings is 1. The third-order valence-electron chi connectivity index (χ3n) is 4.70. The topological polar surface area (TPSA) is 15.3 Å². The molecule has 0 amide bonds. The van der Waals surface area contributed by atoms with Crippen LogP contribution in [0.1, 0.15) is 58.8 Å². The van der Waals surface area contributed by atoms with Crippen LogP contribution in [0.3, 0.4) is 0 Å². The third-order valence-corrected chi connectivity index (χ3v) is 4.70. The first kappa shape index (κ1) is 13.4. The van der Waals surface area contributed by atoms with Gasteiger partial charge in [-0.3, -0.25) is 4.90 Å². The molecule has 2 atom stereocenters. The standard InChI is InChI=1S/C15H30N2/c1-3-7-15-10-16-14(4-2)12-17(15)11-13-8-5-6-9-13/h13-16H,3-12H2,1-2H3. The molecular weight excluding hydrogens is 208 g/mol. The first-order valence-electron chi connectivity index (χ1n) is 7.80. The lowest BCUT2D eigenvalue weighted by atomic mass is 10.00. The van der Waals surface area contributed by atoms with Crippen molar-refractivity contribution in [3.8, 4) is 0 Å². The van der Waals surface area contributed by atoms with E-state index in [4.69, 9.17) is 0 Å². The zero-order chi connectivity index (χ0) is 12.1. The van der Waals surface area contributed by atoms with Crippen LogP contribution in [0.4, 0.5) is 0 Å². The number of nitrogens with one attached hydrogen (secondary N) is 1. The van der Waals surface area contributed by atoms with Gasteiger partial charge >= 0.3 is 0 Å². The molecule has 2 nitrogen and oxygen atoms in total. The van der Waals surface area contributed by atoms with E-state index in [2.05, 4.69) is 24.1 Å². The zero-order valence-corrected chi connectivity index (χ0v) is 11.8. The summed E-state index contributed by atoms with van der Waals surface area (Å²) < 4.78 is 0. The zero-order valence-electron chi connectivity index (χ0n) is 11.8. The van der Waals surface area contributed by atoms with Crippen LogP contribution < -0.4 is 5.32 Å². The summed E-state index contributed by atoms with van der Waals surface area (Å²) in [5.74, 6) is 1.00. The normalized spacial score (nSPS) is 32.1. The molecule has 2 heteroatoms. The Bertz CT molecular complexity index is 211. The van der Waals surface area contributed by atoms with Crippen LogP contribution in [0.15, 0.2) is 0 Å². The third kappa shape index (κ3) is 3.69. The molecule has 0 aromatic rings. The average molecular weight is 238 g/mol. The molecule has 0 aromatic heterocycles. The molecule has 1 aliphatic carbocycles. The second-order valence-electron chi connectivity index (χ2n) is 6.06. The summed E-state index contributed by atoms with van der Waals surface area (Å²) in [5, 5.41) is 3.72. The summed E-state index contributed by atoms with van der Waals surface area (Å²) in [6.45, 7) is 8.52. The number of hydrogen-bond acceptors (Lipinski definition) is 2. The molecule has 2 fully saturated rings. The number of nitrogens with zero attached hydrogens (tertiary/aromatic N) is 1. The van der Waals surface area contributed by atoms with Gasteiger partial charge in [-0.1, -0.05) is 33.1 Å². The lowest BCUT2D eigenvalue weighted by Crippen LogP contribution is -2.57. The van der Waals surface area contributed by atoms with E-state index in [9.17, 15) is 0 Å². The smallest absolute Gasteiger partial charge is 0.0221 e. The summed E-state index contributed by atoms with van der Waals surface area (Å²) >= 11 is 0. The first-order valence-corrected chi connectivity index (χ1v) is 7.80. The maximum Gasteiger partial charge on any atom is 0.0221 e. The second kappa shape index (κ2) is 6.75. The molecule has 1 saturated carbocycles. The monoisotopic (exact) mass is 238 g/mol. The van der Waals surface area contributed by atoms with E-state index >= 15 is 0 Å². The van der Waals surface area contributed by atoms with Gasteiger partial charge in [0.2, 0.25) is 0 Å². The van der Waals surface area contributed by atoms with Gasteiger partial charge in [-0.2, -0.15) is 0 Å². The van der Waals surface area contributed by atoms with Crippen molar-refractivity contribution in [3.05, 3.63) is 0 Å². The van der Waals surface area contributed by atoms with Crippen molar-refractivity contribution >= 4 is 0 Å². The molecule has 2 aliphatic rings. The van der Waals surface area contributed by atoms with Crippen LogP contribution >= 0.6 is 0 Å². The fourth-order valence-electron chi connectivity index (χ4n) is 3.57. The fourth-order valence-corrected chi connectivity index (χ4v) is 3.57. The Morgan fingerprint density at radius 2 is 1.94 bits per heavy atom. The van der Waals surface area contributed by atoms with Crippen molar-refractivity contribution in [1.82, 2.24) is 10.2 Å². The largest absolute Gasteiger partial charge is 0.311 e. The molecule has 1 N–H and O–H groups in total. The van der Waals surface area contributed by atoms with Gasteiger partial charge in [0.05, 0.1) is 0 Å². The fraction of sp³-hybridized carbons (Fsp3) is 1.00. The number of rotatable bonds is 5. The highest BCUT2D eigenvalue weighted by molar-refractivity contribution is 4.87. The average Bonchev–Trinajstić information content (AvgIpc) is 2.84. The van der Waals surface area contributed by atoms with Crippen LogP contribution in [0.5, 0.6) is 0 Å². The summed E-state index contributed by atoms with van der Waals surface area (Å²) in [5.41, 5.74) is 0. The van der Waals surface area contributed by atoms with Crippen molar-refractivity contribution in [2.75, 3.05) is 19.6 Å². The van der Waals surface area contributed by atoms with Crippen molar-refractivity contribution < 1.29 is 0 Å². The van der Waals surface area contributed by atoms with Crippen molar-refractivity contribution in [3.63, 3.8) is 0 Å². The Morgan fingerprint density at radius 1 is 1.18 bits per heavy atom. The van der Waals surface area contributed by atoms with Gasteiger partial charge in [0.25, 0.3) is 0 Å². The molecule has 0 radical (unpaired) electrons. The second-order valence-corrected chi connectivity index (χ2v) is 6.06. The molecule has 0 bridgehead atoms. The van der Waals surface area contributed by atoms with Crippen molar-refractivity contribution in [1.29, 1.82) is 0 Å². The van der Waals surface area contributed by atoms with Gasteiger partial charge in [0.15, 0.2) is 0 Å². The molecule has 1 heterocycles. The van der Waals surface area contributed by atoms with Gasteiger partial charge in [-0.05, 0) is 31.6 Å². The van der Waals surface area contributed by atoms with E-state index in [-0.39, 0.29) is 0 Å². The Labute approximate surface area is 107 Å². The van der Waals surface area contributed by atoms with Crippen LogP contribution in [0.2, 0.25) is 0 Å². The van der Waals surface area contributed by atoms with Crippen LogP contribution in [0.25, 0.3) is 0 Å². The molecule has 2 unspecified atom stereocenters. The van der Waals surface area contributed by atoms with Gasteiger partial charge in [-0.25, -0.2) is 0 Å². The van der Waals surface area contributed by atoms with E-state index in [0.29, 0.717) is 0 Å². The Kier molecular flexibility index (Phi) is 5.30. The molecule has 17 heavy (non-hydrogen) atoms. The van der Waals surface area contributed by atoms with Gasteiger partial charge < -0.3 is 5.32 Å². The van der Waals surface area contributed by atoms with Gasteiger partial charge in [0.1, 0.15) is 0 Å². The van der Waals surface area contributed by atoms with E-state index in [1.807, 2.05) is 0 Å². The van der Waals surface area contributed by atoms with Crippen molar-refractivity contribution in [2.45, 2.75) is 70.9 Å². The summed E-state index contributed by atoms with van der Waals surface area (Å²) in [6, 6.07) is 1.55. The van der Waals surface area contributed by atoms with Crippen LogP contribution in [-0.4, -0.2) is 36.6 Å². The molecule has 2 rings (SSSR count). The molecule has 100 valence electrons. The lowest BCUT2D eigenvalue weighted by Gasteiger charge is -2.41. The quantitative estimate of drug-likeness (QED) is 0.792. The van der Waals surface area contributed by atoms with Crippen molar-refractivity contribution in [2.24, 2.45) is 5.92 Å². The Hall–Kier alpha value is -0.0800. The number of hydrogen-bond donors (Lipinski definition) is 1. The highest BCUT2D eigenvalue weighted by Gasteiger charge is 2.28. The van der Waals surface area contributed by atoms with E-state index in [1.54, 1.807) is 0 Å². The molecular formula is C15H30N2. The minimum absolute atomic E-state index is 0.740. The van der Waals surface area contributed by atoms with Crippen LogP contribution in [0, 0.1) is 5.92 Å².